The van der Waals surface area contributed by atoms with Crippen LogP contribution in [0.2, 0.25) is 0 Å². The molecule has 5 heteroatoms. The van der Waals surface area contributed by atoms with E-state index in [1.165, 1.54) is 12.3 Å². The molecule has 78 valence electrons. The number of unbranched alkanes of at least 4 members (excludes halogenated alkanes) is 2. The number of rotatable bonds is 6. The highest BCUT2D eigenvalue weighted by Crippen LogP contribution is 1.96. The minimum absolute atomic E-state index is 0.155. The number of hydrogen-bond acceptors (Lipinski definition) is 4. The minimum atomic E-state index is -0.155. The van der Waals surface area contributed by atoms with Crippen molar-refractivity contribution in [2.75, 3.05) is 18.5 Å². The molecule has 0 aliphatic carbocycles. The van der Waals surface area contributed by atoms with E-state index < -0.39 is 0 Å². The van der Waals surface area contributed by atoms with Crippen molar-refractivity contribution in [2.24, 2.45) is 0 Å². The van der Waals surface area contributed by atoms with Gasteiger partial charge in [0.1, 0.15) is 0 Å². The Morgan fingerprint density at radius 2 is 2.29 bits per heavy atom. The van der Waals surface area contributed by atoms with Gasteiger partial charge in [-0.1, -0.05) is 0 Å². The number of hydrogen-bond donors (Lipinski definition) is 3. The zero-order chi connectivity index (χ0) is 10.2. The molecule has 14 heavy (non-hydrogen) atoms. The summed E-state index contributed by atoms with van der Waals surface area (Å²) in [7, 11) is 0. The zero-order valence-electron chi connectivity index (χ0n) is 7.99. The SMILES string of the molecule is O=c1ccnc(NCCCCCO)[nH]1. The lowest BCUT2D eigenvalue weighted by molar-refractivity contribution is 0.283. The molecule has 0 aromatic carbocycles. The van der Waals surface area contributed by atoms with Crippen molar-refractivity contribution in [1.82, 2.24) is 9.97 Å². The van der Waals surface area contributed by atoms with Crippen LogP contribution >= 0.6 is 0 Å². The summed E-state index contributed by atoms with van der Waals surface area (Å²) in [6, 6.07) is 1.37. The maximum absolute atomic E-state index is 10.9. The van der Waals surface area contributed by atoms with Crippen LogP contribution in [-0.2, 0) is 0 Å². The molecule has 0 aliphatic rings. The maximum atomic E-state index is 10.9. The van der Waals surface area contributed by atoms with Crippen molar-refractivity contribution < 1.29 is 5.11 Å². The third-order valence-corrected chi connectivity index (χ3v) is 1.80. The second-order valence-electron chi connectivity index (χ2n) is 2.99. The van der Waals surface area contributed by atoms with E-state index in [9.17, 15) is 4.79 Å². The highest BCUT2D eigenvalue weighted by atomic mass is 16.2. The van der Waals surface area contributed by atoms with Gasteiger partial charge in [0.15, 0.2) is 0 Å². The maximum Gasteiger partial charge on any atom is 0.252 e. The molecule has 3 N–H and O–H groups in total. The van der Waals surface area contributed by atoms with Gasteiger partial charge in [0, 0.05) is 25.4 Å². The second-order valence-corrected chi connectivity index (χ2v) is 2.99. The lowest BCUT2D eigenvalue weighted by Gasteiger charge is -2.03. The number of anilines is 1. The molecule has 0 radical (unpaired) electrons. The normalized spacial score (nSPS) is 10.1. The third-order valence-electron chi connectivity index (χ3n) is 1.80. The lowest BCUT2D eigenvalue weighted by atomic mass is 10.2. The molecule has 0 spiro atoms. The van der Waals surface area contributed by atoms with Crippen molar-refractivity contribution in [3.05, 3.63) is 22.6 Å². The summed E-state index contributed by atoms with van der Waals surface area (Å²) in [5, 5.41) is 11.5. The van der Waals surface area contributed by atoms with Gasteiger partial charge in [-0.3, -0.25) is 9.78 Å². The van der Waals surface area contributed by atoms with Crippen molar-refractivity contribution in [3.8, 4) is 0 Å². The average Bonchev–Trinajstić information content (AvgIpc) is 2.18. The molecule has 0 saturated heterocycles. The van der Waals surface area contributed by atoms with E-state index in [4.69, 9.17) is 5.11 Å². The first-order valence-corrected chi connectivity index (χ1v) is 4.73. The fourth-order valence-electron chi connectivity index (χ4n) is 1.08. The topological polar surface area (TPSA) is 78.0 Å². The smallest absolute Gasteiger partial charge is 0.252 e. The van der Waals surface area contributed by atoms with Crippen molar-refractivity contribution in [3.63, 3.8) is 0 Å². The van der Waals surface area contributed by atoms with E-state index in [2.05, 4.69) is 15.3 Å². The molecule has 1 aromatic heterocycles. The van der Waals surface area contributed by atoms with Crippen LogP contribution in [0.1, 0.15) is 19.3 Å². The summed E-state index contributed by atoms with van der Waals surface area (Å²) < 4.78 is 0. The molecule has 0 atom stereocenters. The zero-order valence-corrected chi connectivity index (χ0v) is 7.99. The van der Waals surface area contributed by atoms with Crippen LogP contribution in [0.5, 0.6) is 0 Å². The van der Waals surface area contributed by atoms with Crippen LogP contribution in [-0.4, -0.2) is 28.2 Å². The van der Waals surface area contributed by atoms with E-state index in [0.29, 0.717) is 5.95 Å². The molecule has 5 nitrogen and oxygen atoms in total. The highest BCUT2D eigenvalue weighted by molar-refractivity contribution is 5.21. The number of nitrogens with one attached hydrogen (secondary N) is 2. The molecule has 1 rings (SSSR count). The summed E-state index contributed by atoms with van der Waals surface area (Å²) in [5.41, 5.74) is -0.155. The molecule has 0 saturated carbocycles. The number of nitrogens with zero attached hydrogens (tertiary/aromatic N) is 1. The molecular formula is C9H15N3O2. The van der Waals surface area contributed by atoms with Gasteiger partial charge < -0.3 is 10.4 Å². The molecular weight excluding hydrogens is 182 g/mol. The van der Waals surface area contributed by atoms with Gasteiger partial charge in [0.05, 0.1) is 0 Å². The Hall–Kier alpha value is -1.36. The lowest BCUT2D eigenvalue weighted by Crippen LogP contribution is -2.11. The molecule has 0 amide bonds. The molecule has 1 heterocycles. The van der Waals surface area contributed by atoms with Crippen molar-refractivity contribution >= 4 is 5.95 Å². The largest absolute Gasteiger partial charge is 0.396 e. The van der Waals surface area contributed by atoms with E-state index >= 15 is 0 Å². The molecule has 0 unspecified atom stereocenters. The quantitative estimate of drug-likeness (QED) is 0.575. The fraction of sp³-hybridized carbons (Fsp3) is 0.556. The first kappa shape index (κ1) is 10.7. The van der Waals surface area contributed by atoms with Crippen molar-refractivity contribution in [1.29, 1.82) is 0 Å². The summed E-state index contributed by atoms with van der Waals surface area (Å²) in [5.74, 6) is 0.501. The van der Waals surface area contributed by atoms with E-state index in [1.54, 1.807) is 0 Å². The monoisotopic (exact) mass is 197 g/mol. The predicted molar refractivity (Wildman–Crippen MR) is 54.3 cm³/mol. The van der Waals surface area contributed by atoms with Crippen LogP contribution in [0.25, 0.3) is 0 Å². The van der Waals surface area contributed by atoms with Gasteiger partial charge in [0.2, 0.25) is 5.95 Å². The van der Waals surface area contributed by atoms with Gasteiger partial charge in [-0.15, -0.1) is 0 Å². The average molecular weight is 197 g/mol. The molecule has 0 aliphatic heterocycles. The third kappa shape index (κ3) is 4.04. The first-order chi connectivity index (χ1) is 6.83. The van der Waals surface area contributed by atoms with Gasteiger partial charge in [0.25, 0.3) is 5.56 Å². The van der Waals surface area contributed by atoms with Crippen LogP contribution in [0.15, 0.2) is 17.1 Å². The number of aromatic nitrogens is 2. The Morgan fingerprint density at radius 3 is 3.00 bits per heavy atom. The summed E-state index contributed by atoms with van der Waals surface area (Å²) in [6.07, 6.45) is 4.22. The minimum Gasteiger partial charge on any atom is -0.396 e. The van der Waals surface area contributed by atoms with Gasteiger partial charge in [-0.25, -0.2) is 4.98 Å². The Balaban J connectivity index is 2.21. The summed E-state index contributed by atoms with van der Waals surface area (Å²) >= 11 is 0. The van der Waals surface area contributed by atoms with Crippen LogP contribution in [0.4, 0.5) is 5.95 Å². The Bertz CT molecular complexity index is 311. The number of H-pyrrole nitrogens is 1. The standard InChI is InChI=1S/C9H15N3O2/c13-7-3-1-2-5-10-9-11-6-4-8(14)12-9/h4,6,13H,1-3,5,7H2,(H2,10,11,12,14). The molecule has 0 bridgehead atoms. The van der Waals surface area contributed by atoms with Crippen LogP contribution in [0.3, 0.4) is 0 Å². The number of aliphatic hydroxyl groups excluding tert-OH is 1. The Kier molecular flexibility index (Phi) is 4.71. The van der Waals surface area contributed by atoms with E-state index in [1.807, 2.05) is 0 Å². The Morgan fingerprint density at radius 1 is 1.43 bits per heavy atom. The summed E-state index contributed by atoms with van der Waals surface area (Å²) in [4.78, 5) is 17.4. The van der Waals surface area contributed by atoms with Crippen LogP contribution in [0, 0.1) is 0 Å². The first-order valence-electron chi connectivity index (χ1n) is 4.73. The summed E-state index contributed by atoms with van der Waals surface area (Å²) in [6.45, 7) is 0.993. The highest BCUT2D eigenvalue weighted by Gasteiger charge is 1.93. The fourth-order valence-corrected chi connectivity index (χ4v) is 1.08. The van der Waals surface area contributed by atoms with Crippen molar-refractivity contribution in [2.45, 2.75) is 19.3 Å². The van der Waals surface area contributed by atoms with Gasteiger partial charge >= 0.3 is 0 Å². The number of aromatic amines is 1. The van der Waals surface area contributed by atoms with Gasteiger partial charge in [-0.2, -0.15) is 0 Å². The number of aliphatic hydroxyl groups is 1. The van der Waals surface area contributed by atoms with Gasteiger partial charge in [-0.05, 0) is 19.3 Å². The van der Waals surface area contributed by atoms with E-state index in [-0.39, 0.29) is 12.2 Å². The Labute approximate surface area is 82.2 Å². The van der Waals surface area contributed by atoms with E-state index in [0.717, 1.165) is 25.8 Å². The molecule has 0 fully saturated rings. The van der Waals surface area contributed by atoms with Crippen LogP contribution < -0.4 is 10.9 Å². The second kappa shape index (κ2) is 6.15. The predicted octanol–water partition coefficient (Wildman–Crippen LogP) is 0.344. The molecule has 1 aromatic rings.